The number of benzene rings is 2. The molecule has 2 aromatic carbocycles. The van der Waals surface area contributed by atoms with Crippen LogP contribution in [0.2, 0.25) is 0 Å². The standard InChI is InChI=1S/C20H20F3NO2/c1-14(12-15-8-4-2-5-9-15)18(25)24-17(16-10-6-3-7-11-16)13-26-19(24)20(21,22)23/h2-11,14,17,19H,12-13H2,1H3/t14-,17-,19-/m0/s1. The molecule has 3 nitrogen and oxygen atoms in total. The lowest BCUT2D eigenvalue weighted by molar-refractivity contribution is -0.240. The van der Waals surface area contributed by atoms with Crippen molar-refractivity contribution in [3.63, 3.8) is 0 Å². The summed E-state index contributed by atoms with van der Waals surface area (Å²) in [5, 5.41) is 0. The van der Waals surface area contributed by atoms with Crippen LogP contribution in [-0.4, -0.2) is 29.8 Å². The summed E-state index contributed by atoms with van der Waals surface area (Å²) < 4.78 is 45.3. The second kappa shape index (κ2) is 7.50. The highest BCUT2D eigenvalue weighted by Crippen LogP contribution is 2.39. The summed E-state index contributed by atoms with van der Waals surface area (Å²) in [6.07, 6.45) is -6.47. The smallest absolute Gasteiger partial charge is 0.347 e. The third-order valence-electron chi connectivity index (χ3n) is 4.53. The number of carbonyl (C=O) groups excluding carboxylic acids is 1. The zero-order valence-electron chi connectivity index (χ0n) is 14.3. The van der Waals surface area contributed by atoms with Crippen molar-refractivity contribution in [1.29, 1.82) is 0 Å². The van der Waals surface area contributed by atoms with Crippen LogP contribution in [0.15, 0.2) is 60.7 Å². The van der Waals surface area contributed by atoms with E-state index in [9.17, 15) is 18.0 Å². The van der Waals surface area contributed by atoms with Gasteiger partial charge >= 0.3 is 6.18 Å². The molecule has 2 aromatic rings. The van der Waals surface area contributed by atoms with Crippen molar-refractivity contribution < 1.29 is 22.7 Å². The number of rotatable bonds is 4. The molecule has 6 heteroatoms. The molecule has 0 aromatic heterocycles. The lowest BCUT2D eigenvalue weighted by Gasteiger charge is -2.31. The monoisotopic (exact) mass is 363 g/mol. The topological polar surface area (TPSA) is 29.5 Å². The van der Waals surface area contributed by atoms with E-state index >= 15 is 0 Å². The molecule has 0 unspecified atom stereocenters. The predicted molar refractivity (Wildman–Crippen MR) is 91.1 cm³/mol. The average Bonchev–Trinajstić information content (AvgIpc) is 3.08. The van der Waals surface area contributed by atoms with Gasteiger partial charge in [-0.05, 0) is 17.5 Å². The minimum Gasteiger partial charge on any atom is -0.347 e. The fourth-order valence-corrected chi connectivity index (χ4v) is 3.27. The number of nitrogens with zero attached hydrogens (tertiary/aromatic N) is 1. The summed E-state index contributed by atoms with van der Waals surface area (Å²) >= 11 is 0. The zero-order chi connectivity index (χ0) is 18.7. The number of alkyl halides is 3. The van der Waals surface area contributed by atoms with Gasteiger partial charge in [0.15, 0.2) is 0 Å². The van der Waals surface area contributed by atoms with E-state index in [-0.39, 0.29) is 6.61 Å². The summed E-state index contributed by atoms with van der Waals surface area (Å²) in [5.74, 6) is -1.14. The van der Waals surface area contributed by atoms with Crippen LogP contribution in [0.1, 0.15) is 24.1 Å². The van der Waals surface area contributed by atoms with Crippen molar-refractivity contribution in [2.75, 3.05) is 6.61 Å². The Kier molecular flexibility index (Phi) is 5.32. The molecule has 1 aliphatic heterocycles. The number of hydrogen-bond acceptors (Lipinski definition) is 2. The van der Waals surface area contributed by atoms with Crippen molar-refractivity contribution >= 4 is 5.91 Å². The lowest BCUT2D eigenvalue weighted by atomic mass is 9.98. The number of ether oxygens (including phenoxy) is 1. The highest BCUT2D eigenvalue weighted by atomic mass is 19.4. The van der Waals surface area contributed by atoms with Gasteiger partial charge in [0.2, 0.25) is 12.1 Å². The third kappa shape index (κ3) is 3.90. The van der Waals surface area contributed by atoms with E-state index in [0.29, 0.717) is 12.0 Å². The largest absolute Gasteiger partial charge is 0.433 e. The minimum atomic E-state index is -4.63. The maximum absolute atomic E-state index is 13.4. The first-order valence-electron chi connectivity index (χ1n) is 8.47. The highest BCUT2D eigenvalue weighted by molar-refractivity contribution is 5.80. The molecule has 0 saturated carbocycles. The number of carbonyl (C=O) groups is 1. The Morgan fingerprint density at radius 1 is 1.12 bits per heavy atom. The molecule has 138 valence electrons. The van der Waals surface area contributed by atoms with Crippen molar-refractivity contribution in [2.45, 2.75) is 31.8 Å². The van der Waals surface area contributed by atoms with Crippen molar-refractivity contribution in [3.05, 3.63) is 71.8 Å². The lowest BCUT2D eigenvalue weighted by Crippen LogP contribution is -2.48. The SMILES string of the molecule is C[C@@H](Cc1ccccc1)C(=O)N1[C@H](C(F)(F)F)OC[C@H]1c1ccccc1. The molecule has 0 bridgehead atoms. The second-order valence-electron chi connectivity index (χ2n) is 6.49. The maximum atomic E-state index is 13.4. The van der Waals surface area contributed by atoms with Crippen molar-refractivity contribution in [2.24, 2.45) is 5.92 Å². The summed E-state index contributed by atoms with van der Waals surface area (Å²) in [5.41, 5.74) is 1.55. The molecule has 0 N–H and O–H groups in total. The summed E-state index contributed by atoms with van der Waals surface area (Å²) in [6, 6.07) is 17.2. The van der Waals surface area contributed by atoms with Crippen LogP contribution in [-0.2, 0) is 16.0 Å². The van der Waals surface area contributed by atoms with Crippen molar-refractivity contribution in [1.82, 2.24) is 4.90 Å². The molecule has 1 aliphatic rings. The Morgan fingerprint density at radius 2 is 1.69 bits per heavy atom. The first-order valence-corrected chi connectivity index (χ1v) is 8.47. The van der Waals surface area contributed by atoms with Gasteiger partial charge < -0.3 is 4.74 Å². The van der Waals surface area contributed by atoms with Crippen molar-refractivity contribution in [3.8, 4) is 0 Å². The average molecular weight is 363 g/mol. The molecule has 3 atom stereocenters. The van der Waals surface area contributed by atoms with Gasteiger partial charge in [0.05, 0.1) is 12.6 Å². The predicted octanol–water partition coefficient (Wildman–Crippen LogP) is 4.35. The van der Waals surface area contributed by atoms with E-state index in [0.717, 1.165) is 10.5 Å². The Balaban J connectivity index is 1.86. The van der Waals surface area contributed by atoms with E-state index in [1.807, 2.05) is 30.3 Å². The first-order chi connectivity index (χ1) is 12.4. The Labute approximate surface area is 150 Å². The zero-order valence-corrected chi connectivity index (χ0v) is 14.3. The molecule has 0 spiro atoms. The fraction of sp³-hybridized carbons (Fsp3) is 0.350. The van der Waals surface area contributed by atoms with Gasteiger partial charge in [0, 0.05) is 5.92 Å². The Bertz CT molecular complexity index is 734. The molecule has 26 heavy (non-hydrogen) atoms. The maximum Gasteiger partial charge on any atom is 0.433 e. The van der Waals surface area contributed by atoms with Crippen LogP contribution in [0.25, 0.3) is 0 Å². The van der Waals surface area contributed by atoms with Crippen LogP contribution in [0, 0.1) is 5.92 Å². The molecule has 0 radical (unpaired) electrons. The normalized spacial score (nSPS) is 21.6. The summed E-state index contributed by atoms with van der Waals surface area (Å²) in [4.78, 5) is 13.8. The highest BCUT2D eigenvalue weighted by Gasteiger charge is 2.53. The molecule has 1 amide bonds. The quantitative estimate of drug-likeness (QED) is 0.808. The minimum absolute atomic E-state index is 0.169. The molecule has 1 fully saturated rings. The van der Waals surface area contributed by atoms with Gasteiger partial charge in [-0.15, -0.1) is 0 Å². The number of amides is 1. The van der Waals surface area contributed by atoms with Crippen LogP contribution in [0.5, 0.6) is 0 Å². The molecule has 3 rings (SSSR count). The molecular formula is C20H20F3NO2. The van der Waals surface area contributed by atoms with Gasteiger partial charge in [-0.1, -0.05) is 67.6 Å². The molecule has 1 heterocycles. The number of hydrogen-bond donors (Lipinski definition) is 0. The van der Waals surface area contributed by atoms with E-state index in [4.69, 9.17) is 4.74 Å². The van der Waals surface area contributed by atoms with E-state index in [1.54, 1.807) is 37.3 Å². The van der Waals surface area contributed by atoms with Gasteiger partial charge in [0.1, 0.15) is 0 Å². The van der Waals surface area contributed by atoms with E-state index in [1.165, 1.54) is 0 Å². The molecular weight excluding hydrogens is 343 g/mol. The van der Waals surface area contributed by atoms with Crippen LogP contribution in [0.4, 0.5) is 13.2 Å². The Morgan fingerprint density at radius 3 is 2.27 bits per heavy atom. The molecule has 1 saturated heterocycles. The summed E-state index contributed by atoms with van der Waals surface area (Å²) in [6.45, 7) is 1.49. The number of halogens is 3. The van der Waals surface area contributed by atoms with Crippen LogP contribution < -0.4 is 0 Å². The van der Waals surface area contributed by atoms with Gasteiger partial charge in [-0.3, -0.25) is 9.69 Å². The van der Waals surface area contributed by atoms with Gasteiger partial charge in [-0.2, -0.15) is 13.2 Å². The first kappa shape index (κ1) is 18.5. The third-order valence-corrected chi connectivity index (χ3v) is 4.53. The van der Waals surface area contributed by atoms with Gasteiger partial charge in [0.25, 0.3) is 0 Å². The Hall–Kier alpha value is -2.34. The van der Waals surface area contributed by atoms with Crippen LogP contribution >= 0.6 is 0 Å². The second-order valence-corrected chi connectivity index (χ2v) is 6.49. The van der Waals surface area contributed by atoms with Gasteiger partial charge in [-0.25, -0.2) is 0 Å². The molecule has 0 aliphatic carbocycles. The summed E-state index contributed by atoms with van der Waals surface area (Å²) in [7, 11) is 0. The fourth-order valence-electron chi connectivity index (χ4n) is 3.27. The van der Waals surface area contributed by atoms with E-state index in [2.05, 4.69) is 0 Å². The van der Waals surface area contributed by atoms with Crippen LogP contribution in [0.3, 0.4) is 0 Å². The van der Waals surface area contributed by atoms with E-state index < -0.39 is 30.3 Å².